The van der Waals surface area contributed by atoms with Crippen molar-refractivity contribution in [1.82, 2.24) is 0 Å². The molecule has 1 aliphatic carbocycles. The van der Waals surface area contributed by atoms with Crippen LogP contribution in [0.15, 0.2) is 29.3 Å². The lowest BCUT2D eigenvalue weighted by Gasteiger charge is -2.07. The van der Waals surface area contributed by atoms with Crippen molar-refractivity contribution in [2.45, 2.75) is 25.7 Å². The summed E-state index contributed by atoms with van der Waals surface area (Å²) in [6.07, 6.45) is 5.01. The lowest BCUT2D eigenvalue weighted by atomic mass is 10.1. The van der Waals surface area contributed by atoms with Gasteiger partial charge in [0.15, 0.2) is 0 Å². The smallest absolute Gasteiger partial charge is 0.103 e. The van der Waals surface area contributed by atoms with Crippen molar-refractivity contribution in [2.75, 3.05) is 0 Å². The van der Waals surface area contributed by atoms with Gasteiger partial charge in [-0.15, -0.1) is 0 Å². The van der Waals surface area contributed by atoms with Crippen molar-refractivity contribution in [2.24, 2.45) is 16.6 Å². The number of amidine groups is 1. The number of halogens is 1. The molecule has 1 aromatic rings. The van der Waals surface area contributed by atoms with Gasteiger partial charge >= 0.3 is 0 Å². The van der Waals surface area contributed by atoms with Crippen LogP contribution in [0.1, 0.15) is 25.7 Å². The van der Waals surface area contributed by atoms with Crippen molar-refractivity contribution in [1.29, 1.82) is 0 Å². The summed E-state index contributed by atoms with van der Waals surface area (Å²) in [4.78, 5) is 4.47. The van der Waals surface area contributed by atoms with E-state index in [-0.39, 0.29) is 0 Å². The lowest BCUT2D eigenvalue weighted by molar-refractivity contribution is 0.722. The zero-order chi connectivity index (χ0) is 10.7. The van der Waals surface area contributed by atoms with E-state index in [4.69, 9.17) is 5.73 Å². The van der Waals surface area contributed by atoms with E-state index < -0.39 is 0 Å². The highest BCUT2D eigenvalue weighted by Crippen LogP contribution is 2.26. The van der Waals surface area contributed by atoms with Gasteiger partial charge in [0.05, 0.1) is 5.69 Å². The van der Waals surface area contributed by atoms with Crippen LogP contribution in [0.5, 0.6) is 0 Å². The van der Waals surface area contributed by atoms with Gasteiger partial charge in [0.1, 0.15) is 5.84 Å². The molecule has 3 heteroatoms. The third-order valence-electron chi connectivity index (χ3n) is 2.86. The molecule has 2 N–H and O–H groups in total. The summed E-state index contributed by atoms with van der Waals surface area (Å²) >= 11 is 2.29. The average molecular weight is 314 g/mol. The van der Waals surface area contributed by atoms with E-state index in [0.717, 1.165) is 11.5 Å². The molecular formula is C12H15IN2. The predicted molar refractivity (Wildman–Crippen MR) is 72.4 cm³/mol. The lowest BCUT2D eigenvalue weighted by Crippen LogP contribution is -2.20. The molecule has 0 atom stereocenters. The molecule has 0 radical (unpaired) electrons. The summed E-state index contributed by atoms with van der Waals surface area (Å²) in [6.45, 7) is 0. The first-order valence-electron chi connectivity index (χ1n) is 5.35. The third-order valence-corrected chi connectivity index (χ3v) is 3.58. The molecule has 2 nitrogen and oxygen atoms in total. The second-order valence-electron chi connectivity index (χ2n) is 3.99. The normalized spacial score (nSPS) is 18.3. The van der Waals surface area contributed by atoms with Crippen molar-refractivity contribution in [3.63, 3.8) is 0 Å². The van der Waals surface area contributed by atoms with Crippen LogP contribution in [0.3, 0.4) is 0 Å². The molecule has 0 unspecified atom stereocenters. The first kappa shape index (κ1) is 10.9. The fourth-order valence-electron chi connectivity index (χ4n) is 1.98. The quantitative estimate of drug-likeness (QED) is 0.507. The highest BCUT2D eigenvalue weighted by molar-refractivity contribution is 14.1. The summed E-state index contributed by atoms with van der Waals surface area (Å²) in [6, 6.07) is 8.15. The van der Waals surface area contributed by atoms with Gasteiger partial charge in [-0.05, 0) is 59.7 Å². The standard InChI is InChI=1S/C12H15IN2/c13-10-5-7-11(8-6-10)15-12(14)9-3-1-2-4-9/h5-9H,1-4H2,(H2,14,15). The first-order chi connectivity index (χ1) is 7.25. The van der Waals surface area contributed by atoms with Gasteiger partial charge in [0.2, 0.25) is 0 Å². The van der Waals surface area contributed by atoms with Crippen LogP contribution < -0.4 is 5.73 Å². The van der Waals surface area contributed by atoms with E-state index in [1.807, 2.05) is 12.1 Å². The molecule has 0 amide bonds. The number of benzene rings is 1. The molecule has 0 saturated heterocycles. The Hall–Kier alpha value is -0.580. The number of nitrogens with zero attached hydrogens (tertiary/aromatic N) is 1. The van der Waals surface area contributed by atoms with Gasteiger partial charge in [-0.2, -0.15) is 0 Å². The molecule has 0 spiro atoms. The third kappa shape index (κ3) is 2.93. The van der Waals surface area contributed by atoms with Crippen LogP contribution in [0.2, 0.25) is 0 Å². The number of aliphatic imine (C=N–C) groups is 1. The second kappa shape index (κ2) is 4.96. The Labute approximate surface area is 104 Å². The molecule has 1 aliphatic rings. The zero-order valence-electron chi connectivity index (χ0n) is 8.62. The van der Waals surface area contributed by atoms with Gasteiger partial charge < -0.3 is 5.73 Å². The van der Waals surface area contributed by atoms with E-state index in [1.54, 1.807) is 0 Å². The average Bonchev–Trinajstić information content (AvgIpc) is 2.74. The Morgan fingerprint density at radius 3 is 2.40 bits per heavy atom. The molecule has 1 aromatic carbocycles. The fourth-order valence-corrected chi connectivity index (χ4v) is 2.34. The summed E-state index contributed by atoms with van der Waals surface area (Å²) in [5.74, 6) is 1.33. The Bertz CT molecular complexity index is 350. The maximum atomic E-state index is 6.00. The van der Waals surface area contributed by atoms with E-state index >= 15 is 0 Å². The molecule has 0 aliphatic heterocycles. The Morgan fingerprint density at radius 2 is 1.80 bits per heavy atom. The number of nitrogens with two attached hydrogens (primary N) is 1. The van der Waals surface area contributed by atoms with Crippen molar-refractivity contribution in [3.8, 4) is 0 Å². The second-order valence-corrected chi connectivity index (χ2v) is 5.24. The first-order valence-corrected chi connectivity index (χ1v) is 6.43. The largest absolute Gasteiger partial charge is 0.387 e. The van der Waals surface area contributed by atoms with Gasteiger partial charge in [-0.3, -0.25) is 0 Å². The molecule has 15 heavy (non-hydrogen) atoms. The van der Waals surface area contributed by atoms with Crippen molar-refractivity contribution >= 4 is 34.1 Å². The van der Waals surface area contributed by atoms with Crippen LogP contribution in [-0.2, 0) is 0 Å². The topological polar surface area (TPSA) is 38.4 Å². The maximum absolute atomic E-state index is 6.00. The number of hydrogen-bond acceptors (Lipinski definition) is 1. The van der Waals surface area contributed by atoms with Crippen LogP contribution >= 0.6 is 22.6 Å². The fraction of sp³-hybridized carbons (Fsp3) is 0.417. The van der Waals surface area contributed by atoms with E-state index in [1.165, 1.54) is 29.3 Å². The highest BCUT2D eigenvalue weighted by atomic mass is 127. The van der Waals surface area contributed by atoms with Gasteiger partial charge in [0, 0.05) is 9.49 Å². The van der Waals surface area contributed by atoms with Crippen molar-refractivity contribution in [3.05, 3.63) is 27.8 Å². The highest BCUT2D eigenvalue weighted by Gasteiger charge is 2.18. The summed E-state index contributed by atoms with van der Waals surface area (Å²) in [5, 5.41) is 0. The Kier molecular flexibility index (Phi) is 3.61. The molecule has 1 saturated carbocycles. The minimum Gasteiger partial charge on any atom is -0.387 e. The molecule has 2 rings (SSSR count). The number of rotatable bonds is 2. The minimum absolute atomic E-state index is 0.518. The SMILES string of the molecule is NC(=Nc1ccc(I)cc1)C1CCCC1. The zero-order valence-corrected chi connectivity index (χ0v) is 10.8. The van der Waals surface area contributed by atoms with E-state index in [2.05, 4.69) is 39.7 Å². The predicted octanol–water partition coefficient (Wildman–Crippen LogP) is 3.47. The summed E-state index contributed by atoms with van der Waals surface area (Å²) < 4.78 is 1.23. The molecule has 80 valence electrons. The maximum Gasteiger partial charge on any atom is 0.103 e. The van der Waals surface area contributed by atoms with Crippen molar-refractivity contribution < 1.29 is 0 Å². The molecule has 1 fully saturated rings. The van der Waals surface area contributed by atoms with Crippen LogP contribution in [0.4, 0.5) is 5.69 Å². The summed E-state index contributed by atoms with van der Waals surface area (Å²) in [7, 11) is 0. The van der Waals surface area contributed by atoms with Crippen LogP contribution in [0, 0.1) is 9.49 Å². The molecule has 0 heterocycles. The van der Waals surface area contributed by atoms with Gasteiger partial charge in [0.25, 0.3) is 0 Å². The Morgan fingerprint density at radius 1 is 1.20 bits per heavy atom. The van der Waals surface area contributed by atoms with Gasteiger partial charge in [-0.25, -0.2) is 4.99 Å². The van der Waals surface area contributed by atoms with E-state index in [0.29, 0.717) is 5.92 Å². The van der Waals surface area contributed by atoms with E-state index in [9.17, 15) is 0 Å². The summed E-state index contributed by atoms with van der Waals surface area (Å²) in [5.41, 5.74) is 6.97. The van der Waals surface area contributed by atoms with Crippen LogP contribution in [-0.4, -0.2) is 5.84 Å². The molecule has 0 aromatic heterocycles. The minimum atomic E-state index is 0.518. The monoisotopic (exact) mass is 314 g/mol. The van der Waals surface area contributed by atoms with Gasteiger partial charge in [-0.1, -0.05) is 12.8 Å². The van der Waals surface area contributed by atoms with Crippen LogP contribution in [0.25, 0.3) is 0 Å². The molecular weight excluding hydrogens is 299 g/mol. The molecule has 0 bridgehead atoms. The Balaban J connectivity index is 2.11. The number of hydrogen-bond donors (Lipinski definition) is 1.